The summed E-state index contributed by atoms with van der Waals surface area (Å²) in [6, 6.07) is -0.00945. The number of amides is 1. The van der Waals surface area contributed by atoms with E-state index in [4.69, 9.17) is 4.74 Å². The van der Waals surface area contributed by atoms with Gasteiger partial charge in [-0.15, -0.1) is 0 Å². The topological polar surface area (TPSA) is 41.6 Å². The maximum atomic E-state index is 12.8. The van der Waals surface area contributed by atoms with Crippen molar-refractivity contribution in [1.29, 1.82) is 0 Å². The highest BCUT2D eigenvalue weighted by Crippen LogP contribution is 2.29. The minimum atomic E-state index is -0.00945. The molecule has 2 saturated heterocycles. The molecule has 1 amide bonds. The van der Waals surface area contributed by atoms with Crippen LogP contribution < -0.4 is 5.32 Å². The molecule has 4 heteroatoms. The SMILES string of the molecule is CCC(C)C1NC(C(C)C)N(CC2CCOC2CC)C1=O. The summed E-state index contributed by atoms with van der Waals surface area (Å²) in [6.45, 7) is 12.6. The van der Waals surface area contributed by atoms with Gasteiger partial charge in [-0.25, -0.2) is 0 Å². The number of carbonyl (C=O) groups excluding carboxylic acids is 1. The van der Waals surface area contributed by atoms with Crippen LogP contribution in [0.25, 0.3) is 0 Å². The second kappa shape index (κ2) is 7.10. The van der Waals surface area contributed by atoms with Gasteiger partial charge in [0.2, 0.25) is 5.91 Å². The lowest BCUT2D eigenvalue weighted by Gasteiger charge is -2.30. The van der Waals surface area contributed by atoms with E-state index in [1.807, 2.05) is 0 Å². The average molecular weight is 296 g/mol. The van der Waals surface area contributed by atoms with Crippen LogP contribution in [0.3, 0.4) is 0 Å². The number of ether oxygens (including phenoxy) is 1. The van der Waals surface area contributed by atoms with Gasteiger partial charge < -0.3 is 9.64 Å². The average Bonchev–Trinajstić information content (AvgIpc) is 3.04. The second-order valence-corrected chi connectivity index (χ2v) is 7.08. The maximum absolute atomic E-state index is 12.8. The fourth-order valence-electron chi connectivity index (χ4n) is 3.67. The normalized spacial score (nSPS) is 35.0. The van der Waals surface area contributed by atoms with E-state index in [-0.39, 0.29) is 12.2 Å². The zero-order chi connectivity index (χ0) is 15.6. The second-order valence-electron chi connectivity index (χ2n) is 7.08. The first-order valence-electron chi connectivity index (χ1n) is 8.67. The molecule has 0 aromatic heterocycles. The zero-order valence-corrected chi connectivity index (χ0v) is 14.3. The summed E-state index contributed by atoms with van der Waals surface area (Å²) in [5.41, 5.74) is 0. The third kappa shape index (κ3) is 3.42. The first-order valence-corrected chi connectivity index (χ1v) is 8.67. The van der Waals surface area contributed by atoms with E-state index in [1.165, 1.54) is 0 Å². The highest BCUT2D eigenvalue weighted by molar-refractivity contribution is 5.84. The molecule has 2 heterocycles. The molecule has 0 spiro atoms. The minimum Gasteiger partial charge on any atom is -0.378 e. The number of hydrogen-bond donors (Lipinski definition) is 1. The fraction of sp³-hybridized carbons (Fsp3) is 0.941. The molecule has 5 unspecified atom stereocenters. The molecular weight excluding hydrogens is 264 g/mol. The first-order chi connectivity index (χ1) is 9.99. The van der Waals surface area contributed by atoms with Crippen LogP contribution in [0.4, 0.5) is 0 Å². The van der Waals surface area contributed by atoms with E-state index in [0.29, 0.717) is 29.8 Å². The summed E-state index contributed by atoms with van der Waals surface area (Å²) in [5.74, 6) is 1.62. The number of carbonyl (C=O) groups is 1. The van der Waals surface area contributed by atoms with E-state index in [1.54, 1.807) is 0 Å². The van der Waals surface area contributed by atoms with E-state index >= 15 is 0 Å². The van der Waals surface area contributed by atoms with Gasteiger partial charge in [-0.1, -0.05) is 41.0 Å². The molecule has 2 rings (SSSR count). The van der Waals surface area contributed by atoms with E-state index < -0.39 is 0 Å². The van der Waals surface area contributed by atoms with Crippen molar-refractivity contribution in [2.75, 3.05) is 13.2 Å². The van der Waals surface area contributed by atoms with Gasteiger partial charge in [0.05, 0.1) is 18.3 Å². The van der Waals surface area contributed by atoms with Crippen molar-refractivity contribution in [3.63, 3.8) is 0 Å². The van der Waals surface area contributed by atoms with E-state index in [0.717, 1.165) is 32.4 Å². The van der Waals surface area contributed by atoms with Crippen LogP contribution in [0.15, 0.2) is 0 Å². The van der Waals surface area contributed by atoms with E-state index in [9.17, 15) is 4.79 Å². The van der Waals surface area contributed by atoms with Crippen molar-refractivity contribution < 1.29 is 9.53 Å². The number of hydrogen-bond acceptors (Lipinski definition) is 3. The van der Waals surface area contributed by atoms with Crippen LogP contribution in [0.1, 0.15) is 53.9 Å². The number of nitrogens with one attached hydrogen (secondary N) is 1. The summed E-state index contributed by atoms with van der Waals surface area (Å²) in [6.07, 6.45) is 3.66. The van der Waals surface area contributed by atoms with Crippen molar-refractivity contribution >= 4 is 5.91 Å². The van der Waals surface area contributed by atoms with Gasteiger partial charge in [-0.3, -0.25) is 10.1 Å². The predicted molar refractivity (Wildman–Crippen MR) is 84.9 cm³/mol. The fourth-order valence-corrected chi connectivity index (χ4v) is 3.67. The molecule has 21 heavy (non-hydrogen) atoms. The monoisotopic (exact) mass is 296 g/mol. The summed E-state index contributed by atoms with van der Waals surface area (Å²) in [5, 5.41) is 3.58. The third-order valence-electron chi connectivity index (χ3n) is 5.26. The molecule has 122 valence electrons. The molecule has 0 aliphatic carbocycles. The molecule has 0 radical (unpaired) electrons. The molecule has 0 bridgehead atoms. The van der Waals surface area contributed by atoms with Crippen LogP contribution >= 0.6 is 0 Å². The molecule has 0 aromatic carbocycles. The van der Waals surface area contributed by atoms with Crippen LogP contribution in [0.2, 0.25) is 0 Å². The Hall–Kier alpha value is -0.610. The predicted octanol–water partition coefficient (Wildman–Crippen LogP) is 2.63. The standard InChI is InChI=1S/C17H32N2O2/c1-6-12(5)15-17(20)19(16(18-15)11(3)4)10-13-8-9-21-14(13)7-2/h11-16,18H,6-10H2,1-5H3. The Morgan fingerprint density at radius 3 is 2.62 bits per heavy atom. The molecule has 4 nitrogen and oxygen atoms in total. The van der Waals surface area contributed by atoms with Crippen molar-refractivity contribution in [3.05, 3.63) is 0 Å². The molecule has 2 fully saturated rings. The molecule has 0 aromatic rings. The molecule has 5 atom stereocenters. The van der Waals surface area contributed by atoms with E-state index in [2.05, 4.69) is 44.8 Å². The smallest absolute Gasteiger partial charge is 0.241 e. The quantitative estimate of drug-likeness (QED) is 0.819. The van der Waals surface area contributed by atoms with Crippen LogP contribution in [-0.2, 0) is 9.53 Å². The molecule has 0 saturated carbocycles. The van der Waals surface area contributed by atoms with Gasteiger partial charge >= 0.3 is 0 Å². The Balaban J connectivity index is 2.09. The maximum Gasteiger partial charge on any atom is 0.241 e. The largest absolute Gasteiger partial charge is 0.378 e. The summed E-state index contributed by atoms with van der Waals surface area (Å²) in [7, 11) is 0. The molecule has 2 aliphatic rings. The lowest BCUT2D eigenvalue weighted by Crippen LogP contribution is -2.44. The van der Waals surface area contributed by atoms with Crippen LogP contribution in [0, 0.1) is 17.8 Å². The van der Waals surface area contributed by atoms with Gasteiger partial charge in [0.25, 0.3) is 0 Å². The van der Waals surface area contributed by atoms with Crippen molar-refractivity contribution in [3.8, 4) is 0 Å². The Bertz CT molecular complexity index is 359. The molecular formula is C17H32N2O2. The Labute approximate surface area is 129 Å². The summed E-state index contributed by atoms with van der Waals surface area (Å²) < 4.78 is 5.79. The van der Waals surface area contributed by atoms with Gasteiger partial charge in [0.15, 0.2) is 0 Å². The highest BCUT2D eigenvalue weighted by Gasteiger charge is 2.44. The molecule has 2 aliphatic heterocycles. The zero-order valence-electron chi connectivity index (χ0n) is 14.3. The van der Waals surface area contributed by atoms with Gasteiger partial charge in [0, 0.05) is 19.1 Å². The van der Waals surface area contributed by atoms with Crippen molar-refractivity contribution in [1.82, 2.24) is 10.2 Å². The van der Waals surface area contributed by atoms with Crippen LogP contribution in [-0.4, -0.2) is 42.3 Å². The summed E-state index contributed by atoms with van der Waals surface area (Å²) >= 11 is 0. The van der Waals surface area contributed by atoms with Gasteiger partial charge in [-0.05, 0) is 24.7 Å². The van der Waals surface area contributed by atoms with Crippen molar-refractivity contribution in [2.24, 2.45) is 17.8 Å². The first kappa shape index (κ1) is 16.8. The lowest BCUT2D eigenvalue weighted by molar-refractivity contribution is -0.132. The highest BCUT2D eigenvalue weighted by atomic mass is 16.5. The van der Waals surface area contributed by atoms with Crippen molar-refractivity contribution in [2.45, 2.75) is 72.2 Å². The minimum absolute atomic E-state index is 0.00945. The number of rotatable bonds is 6. The van der Waals surface area contributed by atoms with Gasteiger partial charge in [-0.2, -0.15) is 0 Å². The molecule has 1 N–H and O–H groups in total. The third-order valence-corrected chi connectivity index (χ3v) is 5.26. The Morgan fingerprint density at radius 2 is 2.05 bits per heavy atom. The Morgan fingerprint density at radius 1 is 1.33 bits per heavy atom. The Kier molecular flexibility index (Phi) is 5.67. The number of nitrogens with zero attached hydrogens (tertiary/aromatic N) is 1. The summed E-state index contributed by atoms with van der Waals surface area (Å²) in [4.78, 5) is 14.9. The van der Waals surface area contributed by atoms with Crippen LogP contribution in [0.5, 0.6) is 0 Å². The van der Waals surface area contributed by atoms with Gasteiger partial charge in [0.1, 0.15) is 0 Å². The lowest BCUT2D eigenvalue weighted by atomic mass is 9.97.